The lowest BCUT2D eigenvalue weighted by atomic mass is 10.3. The standard InChI is InChI=1S/C13H17NO4/c15-10-6-13(17)14(7-10)8-11(16)9-18-12-4-2-1-3-5-12/h1-5,10-11,15-16H,6-9H2. The second-order valence-corrected chi connectivity index (χ2v) is 4.43. The van der Waals surface area contributed by atoms with Gasteiger partial charge in [-0.1, -0.05) is 18.2 Å². The van der Waals surface area contributed by atoms with Gasteiger partial charge in [-0.3, -0.25) is 4.79 Å². The summed E-state index contributed by atoms with van der Waals surface area (Å²) in [4.78, 5) is 12.9. The second-order valence-electron chi connectivity index (χ2n) is 4.43. The van der Waals surface area contributed by atoms with Crippen LogP contribution in [0.25, 0.3) is 0 Å². The number of aliphatic hydroxyl groups excluding tert-OH is 2. The molecule has 98 valence electrons. The van der Waals surface area contributed by atoms with Crippen molar-refractivity contribution in [3.8, 4) is 5.75 Å². The van der Waals surface area contributed by atoms with Crippen LogP contribution in [-0.4, -0.2) is 52.9 Å². The maximum atomic E-state index is 11.4. The number of benzene rings is 1. The lowest BCUT2D eigenvalue weighted by Crippen LogP contribution is -2.36. The molecule has 1 fully saturated rings. The van der Waals surface area contributed by atoms with Crippen molar-refractivity contribution in [3.63, 3.8) is 0 Å². The Morgan fingerprint density at radius 2 is 2.11 bits per heavy atom. The minimum absolute atomic E-state index is 0.124. The summed E-state index contributed by atoms with van der Waals surface area (Å²) in [6.45, 7) is 0.619. The molecule has 1 aromatic rings. The normalized spacial score (nSPS) is 21.1. The Bertz CT molecular complexity index is 395. The van der Waals surface area contributed by atoms with E-state index in [9.17, 15) is 15.0 Å². The lowest BCUT2D eigenvalue weighted by molar-refractivity contribution is -0.129. The van der Waals surface area contributed by atoms with Crippen molar-refractivity contribution in [2.24, 2.45) is 0 Å². The Morgan fingerprint density at radius 1 is 1.39 bits per heavy atom. The molecular formula is C13H17NO4. The van der Waals surface area contributed by atoms with Crippen molar-refractivity contribution in [2.45, 2.75) is 18.6 Å². The van der Waals surface area contributed by atoms with Gasteiger partial charge in [-0.15, -0.1) is 0 Å². The van der Waals surface area contributed by atoms with Gasteiger partial charge in [-0.2, -0.15) is 0 Å². The third kappa shape index (κ3) is 3.45. The molecule has 1 saturated heterocycles. The molecule has 1 heterocycles. The molecule has 1 amide bonds. The lowest BCUT2D eigenvalue weighted by Gasteiger charge is -2.20. The first-order chi connectivity index (χ1) is 8.65. The Morgan fingerprint density at radius 3 is 2.72 bits per heavy atom. The van der Waals surface area contributed by atoms with Gasteiger partial charge in [-0.25, -0.2) is 0 Å². The van der Waals surface area contributed by atoms with Crippen LogP contribution < -0.4 is 4.74 Å². The number of hydrogen-bond acceptors (Lipinski definition) is 4. The SMILES string of the molecule is O=C1CC(O)CN1CC(O)COc1ccccc1. The minimum Gasteiger partial charge on any atom is -0.491 e. The maximum Gasteiger partial charge on any atom is 0.225 e. The van der Waals surface area contributed by atoms with E-state index >= 15 is 0 Å². The molecule has 0 radical (unpaired) electrons. The molecule has 2 N–H and O–H groups in total. The van der Waals surface area contributed by atoms with Gasteiger partial charge in [-0.05, 0) is 12.1 Å². The van der Waals surface area contributed by atoms with E-state index in [4.69, 9.17) is 4.74 Å². The Hall–Kier alpha value is -1.59. The molecule has 18 heavy (non-hydrogen) atoms. The van der Waals surface area contributed by atoms with E-state index in [1.54, 1.807) is 12.1 Å². The largest absolute Gasteiger partial charge is 0.491 e. The van der Waals surface area contributed by atoms with Gasteiger partial charge in [0.1, 0.15) is 18.5 Å². The molecule has 2 atom stereocenters. The van der Waals surface area contributed by atoms with Crippen LogP contribution in [0.4, 0.5) is 0 Å². The van der Waals surface area contributed by atoms with Gasteiger partial charge < -0.3 is 19.8 Å². The van der Waals surface area contributed by atoms with Crippen LogP contribution in [0.15, 0.2) is 30.3 Å². The third-order valence-electron chi connectivity index (χ3n) is 2.81. The van der Waals surface area contributed by atoms with Crippen LogP contribution in [0.1, 0.15) is 6.42 Å². The predicted molar refractivity (Wildman–Crippen MR) is 65.1 cm³/mol. The summed E-state index contributed by atoms with van der Waals surface area (Å²) in [6.07, 6.45) is -1.22. The summed E-state index contributed by atoms with van der Waals surface area (Å²) in [6, 6.07) is 9.19. The molecule has 0 bridgehead atoms. The molecule has 2 rings (SSSR count). The predicted octanol–water partition coefficient (Wildman–Crippen LogP) is 0.0195. The zero-order chi connectivity index (χ0) is 13.0. The zero-order valence-electron chi connectivity index (χ0n) is 10.0. The number of ether oxygens (including phenoxy) is 1. The van der Waals surface area contributed by atoms with Crippen LogP contribution in [0.2, 0.25) is 0 Å². The fourth-order valence-corrected chi connectivity index (χ4v) is 1.94. The van der Waals surface area contributed by atoms with Crippen LogP contribution in [0.5, 0.6) is 5.75 Å². The molecule has 1 aliphatic heterocycles. The number of rotatable bonds is 5. The molecule has 5 heteroatoms. The number of carbonyl (C=O) groups excluding carboxylic acids is 1. The van der Waals surface area contributed by atoms with Crippen molar-refractivity contribution in [1.29, 1.82) is 0 Å². The van der Waals surface area contributed by atoms with Gasteiger partial charge in [0.2, 0.25) is 5.91 Å². The summed E-state index contributed by atoms with van der Waals surface area (Å²) in [5, 5.41) is 19.1. The fraction of sp³-hybridized carbons (Fsp3) is 0.462. The number of nitrogens with zero attached hydrogens (tertiary/aromatic N) is 1. The molecule has 2 unspecified atom stereocenters. The van der Waals surface area contributed by atoms with Gasteiger partial charge in [0.05, 0.1) is 19.1 Å². The van der Waals surface area contributed by atoms with Gasteiger partial charge >= 0.3 is 0 Å². The van der Waals surface area contributed by atoms with E-state index in [0.29, 0.717) is 12.3 Å². The molecule has 0 spiro atoms. The number of carbonyl (C=O) groups is 1. The maximum absolute atomic E-state index is 11.4. The number of amides is 1. The minimum atomic E-state index is -0.751. The quantitative estimate of drug-likeness (QED) is 0.774. The number of likely N-dealkylation sites (tertiary alicyclic amines) is 1. The van der Waals surface area contributed by atoms with E-state index in [-0.39, 0.29) is 25.5 Å². The van der Waals surface area contributed by atoms with Crippen LogP contribution in [-0.2, 0) is 4.79 Å². The third-order valence-corrected chi connectivity index (χ3v) is 2.81. The first kappa shape index (κ1) is 12.9. The van der Waals surface area contributed by atoms with Crippen molar-refractivity contribution in [2.75, 3.05) is 19.7 Å². The highest BCUT2D eigenvalue weighted by Gasteiger charge is 2.29. The summed E-state index contributed by atoms with van der Waals surface area (Å²) in [7, 11) is 0. The summed E-state index contributed by atoms with van der Waals surface area (Å²) >= 11 is 0. The number of aliphatic hydroxyl groups is 2. The van der Waals surface area contributed by atoms with Crippen LogP contribution >= 0.6 is 0 Å². The molecule has 1 aliphatic rings. The highest BCUT2D eigenvalue weighted by Crippen LogP contribution is 2.12. The fourth-order valence-electron chi connectivity index (χ4n) is 1.94. The second kappa shape index (κ2) is 5.84. The van der Waals surface area contributed by atoms with E-state index in [1.807, 2.05) is 18.2 Å². The number of hydrogen-bond donors (Lipinski definition) is 2. The first-order valence-electron chi connectivity index (χ1n) is 5.97. The van der Waals surface area contributed by atoms with Crippen molar-refractivity contribution < 1.29 is 19.7 Å². The average Bonchev–Trinajstić information content (AvgIpc) is 2.67. The van der Waals surface area contributed by atoms with E-state index in [2.05, 4.69) is 0 Å². The molecule has 0 aromatic heterocycles. The topological polar surface area (TPSA) is 70.0 Å². The van der Waals surface area contributed by atoms with Crippen molar-refractivity contribution in [3.05, 3.63) is 30.3 Å². The highest BCUT2D eigenvalue weighted by atomic mass is 16.5. The van der Waals surface area contributed by atoms with Crippen LogP contribution in [0, 0.1) is 0 Å². The first-order valence-corrected chi connectivity index (χ1v) is 5.97. The van der Waals surface area contributed by atoms with E-state index in [1.165, 1.54) is 4.90 Å². The molecular weight excluding hydrogens is 234 g/mol. The number of para-hydroxylation sites is 1. The molecule has 0 saturated carbocycles. The zero-order valence-corrected chi connectivity index (χ0v) is 10.0. The van der Waals surface area contributed by atoms with Crippen molar-refractivity contribution >= 4 is 5.91 Å². The van der Waals surface area contributed by atoms with E-state index in [0.717, 1.165) is 0 Å². The Balaban J connectivity index is 1.75. The number of β-amino-alcohol motifs (C(OH)–C–C–N with tert-alkyl or cyclic N) is 2. The molecule has 0 aliphatic carbocycles. The average molecular weight is 251 g/mol. The van der Waals surface area contributed by atoms with Crippen LogP contribution in [0.3, 0.4) is 0 Å². The Kier molecular flexibility index (Phi) is 4.17. The Labute approximate surface area is 106 Å². The highest BCUT2D eigenvalue weighted by molar-refractivity contribution is 5.79. The monoisotopic (exact) mass is 251 g/mol. The molecule has 5 nitrogen and oxygen atoms in total. The van der Waals surface area contributed by atoms with Gasteiger partial charge in [0, 0.05) is 6.54 Å². The van der Waals surface area contributed by atoms with Gasteiger partial charge in [0.15, 0.2) is 0 Å². The summed E-state index contributed by atoms with van der Waals surface area (Å²) < 4.78 is 5.39. The summed E-state index contributed by atoms with van der Waals surface area (Å²) in [5.41, 5.74) is 0. The van der Waals surface area contributed by atoms with E-state index < -0.39 is 12.2 Å². The van der Waals surface area contributed by atoms with Crippen molar-refractivity contribution in [1.82, 2.24) is 4.90 Å². The molecule has 1 aromatic carbocycles. The summed E-state index contributed by atoms with van der Waals surface area (Å²) in [5.74, 6) is 0.561. The smallest absolute Gasteiger partial charge is 0.225 e. The van der Waals surface area contributed by atoms with Gasteiger partial charge in [0.25, 0.3) is 0 Å².